The van der Waals surface area contributed by atoms with Crippen molar-refractivity contribution >= 4 is 23.6 Å². The van der Waals surface area contributed by atoms with Gasteiger partial charge in [-0.25, -0.2) is 0 Å². The molecule has 3 rings (SSSR count). The molecule has 2 heterocycles. The van der Waals surface area contributed by atoms with E-state index in [2.05, 4.69) is 5.32 Å². The zero-order valence-electron chi connectivity index (χ0n) is 14.1. The lowest BCUT2D eigenvalue weighted by molar-refractivity contribution is -0.123. The first-order chi connectivity index (χ1) is 11.7. The van der Waals surface area contributed by atoms with Gasteiger partial charge >= 0.3 is 0 Å². The highest BCUT2D eigenvalue weighted by atomic mass is 32.2. The van der Waals surface area contributed by atoms with Crippen LogP contribution in [0.2, 0.25) is 0 Å². The van der Waals surface area contributed by atoms with Crippen molar-refractivity contribution in [3.05, 3.63) is 35.9 Å². The number of hydrogen-bond acceptors (Lipinski definition) is 3. The van der Waals surface area contributed by atoms with Gasteiger partial charge in [0.1, 0.15) is 0 Å². The molecule has 1 aromatic carbocycles. The van der Waals surface area contributed by atoms with Crippen LogP contribution < -0.4 is 5.32 Å². The summed E-state index contributed by atoms with van der Waals surface area (Å²) in [5, 5.41) is 3.16. The lowest BCUT2D eigenvalue weighted by Gasteiger charge is -2.33. The average Bonchev–Trinajstić information content (AvgIpc) is 2.63. The summed E-state index contributed by atoms with van der Waals surface area (Å²) in [6, 6.07) is 9.49. The number of nitrogens with zero attached hydrogens (tertiary/aromatic N) is 1. The Hall–Kier alpha value is -1.49. The third kappa shape index (κ3) is 4.76. The number of hydrogen-bond donors (Lipinski definition) is 1. The quantitative estimate of drug-likeness (QED) is 0.912. The Labute approximate surface area is 148 Å². The van der Waals surface area contributed by atoms with Gasteiger partial charge < -0.3 is 10.2 Å². The molecule has 5 heteroatoms. The van der Waals surface area contributed by atoms with E-state index in [0.29, 0.717) is 18.9 Å². The molecule has 2 aliphatic heterocycles. The van der Waals surface area contributed by atoms with E-state index in [0.717, 1.165) is 37.8 Å². The third-order valence-electron chi connectivity index (χ3n) is 4.91. The highest BCUT2D eigenvalue weighted by Crippen LogP contribution is 2.25. The number of amides is 2. The minimum Gasteiger partial charge on any atom is -0.352 e. The molecule has 0 spiro atoms. The second-order valence-corrected chi connectivity index (χ2v) is 8.01. The fourth-order valence-corrected chi connectivity index (χ4v) is 4.75. The van der Waals surface area contributed by atoms with E-state index in [1.165, 1.54) is 11.5 Å². The summed E-state index contributed by atoms with van der Waals surface area (Å²) in [5.41, 5.74) is 0.726. The average molecular weight is 346 g/mol. The van der Waals surface area contributed by atoms with Crippen LogP contribution in [0.15, 0.2) is 30.3 Å². The van der Waals surface area contributed by atoms with Gasteiger partial charge in [0.15, 0.2) is 0 Å². The molecule has 1 atom stereocenters. The van der Waals surface area contributed by atoms with E-state index in [9.17, 15) is 9.59 Å². The van der Waals surface area contributed by atoms with Gasteiger partial charge in [0.05, 0.1) is 0 Å². The second-order valence-electron chi connectivity index (χ2n) is 6.78. The maximum absolute atomic E-state index is 12.6. The summed E-state index contributed by atoms with van der Waals surface area (Å²) in [6.45, 7) is 1.40. The van der Waals surface area contributed by atoms with Crippen LogP contribution in [0, 0.1) is 5.92 Å². The summed E-state index contributed by atoms with van der Waals surface area (Å²) in [7, 11) is 0. The van der Waals surface area contributed by atoms with E-state index < -0.39 is 0 Å². The molecule has 0 saturated carbocycles. The van der Waals surface area contributed by atoms with Crippen molar-refractivity contribution in [1.29, 1.82) is 0 Å². The normalized spacial score (nSPS) is 22.2. The van der Waals surface area contributed by atoms with Crippen LogP contribution in [-0.2, 0) is 4.79 Å². The molecule has 2 amide bonds. The Morgan fingerprint density at radius 2 is 1.88 bits per heavy atom. The minimum absolute atomic E-state index is 0.0684. The van der Waals surface area contributed by atoms with Crippen molar-refractivity contribution < 1.29 is 9.59 Å². The van der Waals surface area contributed by atoms with Crippen molar-refractivity contribution in [2.45, 2.75) is 38.1 Å². The zero-order chi connectivity index (χ0) is 16.8. The number of likely N-dealkylation sites (tertiary alicyclic amines) is 1. The molecule has 2 saturated heterocycles. The first-order valence-corrected chi connectivity index (χ1v) is 10.1. The number of carbonyl (C=O) groups excluding carboxylic acids is 2. The van der Waals surface area contributed by atoms with E-state index in [1.807, 2.05) is 47.0 Å². The van der Waals surface area contributed by atoms with Crippen molar-refractivity contribution in [2.75, 3.05) is 24.6 Å². The Morgan fingerprint density at radius 3 is 2.62 bits per heavy atom. The molecule has 24 heavy (non-hydrogen) atoms. The predicted octanol–water partition coefficient (Wildman–Crippen LogP) is 2.94. The van der Waals surface area contributed by atoms with Crippen LogP contribution in [0.4, 0.5) is 0 Å². The number of piperidine rings is 1. The minimum atomic E-state index is 0.0684. The molecule has 4 nitrogen and oxygen atoms in total. The topological polar surface area (TPSA) is 49.4 Å². The van der Waals surface area contributed by atoms with Crippen molar-refractivity contribution in [3.8, 4) is 0 Å². The van der Waals surface area contributed by atoms with Gasteiger partial charge in [0, 0.05) is 31.1 Å². The molecule has 2 fully saturated rings. The fraction of sp³-hybridized carbons (Fsp3) is 0.579. The van der Waals surface area contributed by atoms with Crippen LogP contribution in [0.3, 0.4) is 0 Å². The molecular weight excluding hydrogens is 320 g/mol. The van der Waals surface area contributed by atoms with Gasteiger partial charge in [-0.15, -0.1) is 0 Å². The van der Waals surface area contributed by atoms with Crippen molar-refractivity contribution in [1.82, 2.24) is 10.2 Å². The van der Waals surface area contributed by atoms with Crippen LogP contribution in [0.25, 0.3) is 0 Å². The third-order valence-corrected chi connectivity index (χ3v) is 5.96. The van der Waals surface area contributed by atoms with Gasteiger partial charge in [-0.05, 0) is 55.2 Å². The van der Waals surface area contributed by atoms with E-state index in [1.54, 1.807) is 0 Å². The Morgan fingerprint density at radius 1 is 1.12 bits per heavy atom. The molecule has 0 aliphatic carbocycles. The van der Waals surface area contributed by atoms with Gasteiger partial charge in [-0.1, -0.05) is 18.2 Å². The Balaban J connectivity index is 1.50. The van der Waals surface area contributed by atoms with Crippen LogP contribution >= 0.6 is 11.8 Å². The summed E-state index contributed by atoms with van der Waals surface area (Å²) in [6.07, 6.45) is 4.86. The number of rotatable bonds is 4. The molecule has 0 aromatic heterocycles. The lowest BCUT2D eigenvalue weighted by Crippen LogP contribution is -2.49. The standard InChI is InChI=1S/C19H26N2O2S/c22-18(13-15-8-11-24-12-9-15)20-17-7-4-10-21(14-17)19(23)16-5-2-1-3-6-16/h1-3,5-6,15,17H,4,7-14H2,(H,20,22)/t17-/m1/s1. The van der Waals surface area contributed by atoms with Crippen LogP contribution in [0.1, 0.15) is 42.5 Å². The summed E-state index contributed by atoms with van der Waals surface area (Å²) in [5.74, 6) is 3.13. The van der Waals surface area contributed by atoms with Gasteiger partial charge in [-0.3, -0.25) is 9.59 Å². The predicted molar refractivity (Wildman–Crippen MR) is 98.2 cm³/mol. The van der Waals surface area contributed by atoms with Crippen LogP contribution in [-0.4, -0.2) is 47.4 Å². The van der Waals surface area contributed by atoms with E-state index in [-0.39, 0.29) is 17.9 Å². The number of thioether (sulfide) groups is 1. The SMILES string of the molecule is O=C(CC1CCSCC1)N[C@@H]1CCCN(C(=O)c2ccccc2)C1. The van der Waals surface area contributed by atoms with Gasteiger partial charge in [0.25, 0.3) is 5.91 Å². The number of nitrogens with one attached hydrogen (secondary N) is 1. The lowest BCUT2D eigenvalue weighted by atomic mass is 9.97. The smallest absolute Gasteiger partial charge is 0.253 e. The molecule has 2 aliphatic rings. The first-order valence-electron chi connectivity index (χ1n) is 8.94. The summed E-state index contributed by atoms with van der Waals surface area (Å²) >= 11 is 1.99. The molecule has 0 radical (unpaired) electrons. The van der Waals surface area contributed by atoms with Crippen molar-refractivity contribution in [2.24, 2.45) is 5.92 Å². The molecule has 130 valence electrons. The molecule has 1 aromatic rings. The maximum Gasteiger partial charge on any atom is 0.253 e. The first kappa shape index (κ1) is 17.3. The zero-order valence-corrected chi connectivity index (χ0v) is 14.9. The van der Waals surface area contributed by atoms with Gasteiger partial charge in [0.2, 0.25) is 5.91 Å². The Bertz CT molecular complexity index is 558. The fourth-order valence-electron chi connectivity index (χ4n) is 3.54. The monoisotopic (exact) mass is 346 g/mol. The molecule has 0 unspecified atom stereocenters. The molecule has 1 N–H and O–H groups in total. The van der Waals surface area contributed by atoms with Gasteiger partial charge in [-0.2, -0.15) is 11.8 Å². The Kier molecular flexibility index (Phi) is 6.18. The molecular formula is C19H26N2O2S. The summed E-state index contributed by atoms with van der Waals surface area (Å²) in [4.78, 5) is 26.7. The number of carbonyl (C=O) groups is 2. The summed E-state index contributed by atoms with van der Waals surface area (Å²) < 4.78 is 0. The van der Waals surface area contributed by atoms with E-state index in [4.69, 9.17) is 0 Å². The molecule has 0 bridgehead atoms. The number of benzene rings is 1. The highest BCUT2D eigenvalue weighted by Gasteiger charge is 2.26. The highest BCUT2D eigenvalue weighted by molar-refractivity contribution is 7.99. The van der Waals surface area contributed by atoms with E-state index >= 15 is 0 Å². The largest absolute Gasteiger partial charge is 0.352 e. The van der Waals surface area contributed by atoms with Crippen LogP contribution in [0.5, 0.6) is 0 Å². The van der Waals surface area contributed by atoms with Crippen molar-refractivity contribution in [3.63, 3.8) is 0 Å². The maximum atomic E-state index is 12.6. The second kappa shape index (κ2) is 8.56.